The monoisotopic (exact) mass is 240 g/mol. The van der Waals surface area contributed by atoms with Crippen molar-refractivity contribution in [2.75, 3.05) is 10.9 Å². The van der Waals surface area contributed by atoms with Crippen LogP contribution in [0.4, 0.5) is 11.4 Å². The van der Waals surface area contributed by atoms with E-state index in [-0.39, 0.29) is 0 Å². The minimum absolute atomic E-state index is 1.03. The minimum Gasteiger partial charge on any atom is -0.301 e. The molecule has 0 unspecified atom stereocenters. The molecule has 94 valence electrons. The normalized spacial score (nSPS) is 10.1. The first-order chi connectivity index (χ1) is 8.85. The summed E-state index contributed by atoms with van der Waals surface area (Å²) in [6, 6.07) is 16.7. The maximum Gasteiger partial charge on any atom is 0.0571 e. The zero-order chi connectivity index (χ0) is 12.8. The zero-order valence-corrected chi connectivity index (χ0v) is 11.0. The molecule has 18 heavy (non-hydrogen) atoms. The van der Waals surface area contributed by atoms with E-state index in [1.807, 2.05) is 0 Å². The highest BCUT2D eigenvalue weighted by Gasteiger charge is 2.01. The van der Waals surface area contributed by atoms with Crippen molar-refractivity contribution in [3.8, 4) is 0 Å². The van der Waals surface area contributed by atoms with Crippen LogP contribution in [-0.2, 0) is 12.8 Å². The lowest BCUT2D eigenvalue weighted by Gasteiger charge is -2.15. The topological polar surface area (TPSA) is 24.1 Å². The molecule has 0 radical (unpaired) electrons. The average Bonchev–Trinajstić information content (AvgIpc) is 2.45. The number of hydrogen-bond acceptors (Lipinski definition) is 2. The molecule has 2 heteroatoms. The molecule has 0 saturated heterocycles. The van der Waals surface area contributed by atoms with E-state index < -0.39 is 0 Å². The summed E-state index contributed by atoms with van der Waals surface area (Å²) < 4.78 is 0. The number of para-hydroxylation sites is 2. The van der Waals surface area contributed by atoms with Crippen LogP contribution in [0.2, 0.25) is 0 Å². The van der Waals surface area contributed by atoms with Gasteiger partial charge in [0.2, 0.25) is 0 Å². The van der Waals surface area contributed by atoms with E-state index in [0.717, 1.165) is 24.2 Å². The Labute approximate surface area is 109 Å². The minimum atomic E-state index is 1.03. The van der Waals surface area contributed by atoms with Gasteiger partial charge in [0.25, 0.3) is 0 Å². The van der Waals surface area contributed by atoms with Gasteiger partial charge in [0.15, 0.2) is 0 Å². The number of aryl methyl sites for hydroxylation is 2. The first-order valence-electron chi connectivity index (χ1n) is 6.53. The molecule has 0 aliphatic heterocycles. The van der Waals surface area contributed by atoms with Crippen molar-refractivity contribution < 1.29 is 0 Å². The molecular formula is C16H20N2. The highest BCUT2D eigenvalue weighted by molar-refractivity contribution is 5.59. The van der Waals surface area contributed by atoms with Crippen LogP contribution in [0.15, 0.2) is 48.5 Å². The molecule has 2 aromatic carbocycles. The van der Waals surface area contributed by atoms with Crippen molar-refractivity contribution in [3.63, 3.8) is 0 Å². The number of hydrazine groups is 1. The van der Waals surface area contributed by atoms with Crippen LogP contribution in [0, 0.1) is 0 Å². The first-order valence-corrected chi connectivity index (χ1v) is 6.53. The fraction of sp³-hybridized carbons (Fsp3) is 0.250. The molecule has 2 rings (SSSR count). The van der Waals surface area contributed by atoms with E-state index in [0.29, 0.717) is 0 Å². The quantitative estimate of drug-likeness (QED) is 0.763. The summed E-state index contributed by atoms with van der Waals surface area (Å²) in [6.07, 6.45) is 2.06. The molecule has 0 fully saturated rings. The van der Waals surface area contributed by atoms with Gasteiger partial charge in [0, 0.05) is 0 Å². The van der Waals surface area contributed by atoms with E-state index in [9.17, 15) is 0 Å². The second-order valence-electron chi connectivity index (χ2n) is 4.27. The molecule has 0 amide bonds. The Morgan fingerprint density at radius 2 is 1.06 bits per heavy atom. The second-order valence-corrected chi connectivity index (χ2v) is 4.27. The summed E-state index contributed by atoms with van der Waals surface area (Å²) in [6.45, 7) is 4.33. The smallest absolute Gasteiger partial charge is 0.0571 e. The fourth-order valence-electron chi connectivity index (χ4n) is 2.04. The first kappa shape index (κ1) is 12.5. The maximum absolute atomic E-state index is 3.31. The molecule has 2 N–H and O–H groups in total. The Morgan fingerprint density at radius 3 is 1.44 bits per heavy atom. The number of rotatable bonds is 5. The third-order valence-corrected chi connectivity index (χ3v) is 3.13. The van der Waals surface area contributed by atoms with Crippen molar-refractivity contribution in [2.45, 2.75) is 26.7 Å². The lowest BCUT2D eigenvalue weighted by atomic mass is 10.1. The van der Waals surface area contributed by atoms with Gasteiger partial charge in [-0.25, -0.2) is 0 Å². The van der Waals surface area contributed by atoms with E-state index in [1.54, 1.807) is 0 Å². The van der Waals surface area contributed by atoms with Crippen LogP contribution in [0.1, 0.15) is 25.0 Å². The molecule has 0 bridgehead atoms. The Hall–Kier alpha value is -1.96. The van der Waals surface area contributed by atoms with Gasteiger partial charge in [-0.3, -0.25) is 0 Å². The zero-order valence-electron chi connectivity index (χ0n) is 11.0. The molecule has 0 spiro atoms. The van der Waals surface area contributed by atoms with Gasteiger partial charge in [-0.2, -0.15) is 0 Å². The fourth-order valence-corrected chi connectivity index (χ4v) is 2.04. The Bertz CT molecular complexity index is 458. The SMILES string of the molecule is CCc1ccccc1NNc1ccccc1CC. The molecule has 0 aliphatic rings. The van der Waals surface area contributed by atoms with E-state index in [1.165, 1.54) is 11.1 Å². The predicted octanol–water partition coefficient (Wildman–Crippen LogP) is 4.25. The van der Waals surface area contributed by atoms with Gasteiger partial charge in [-0.15, -0.1) is 0 Å². The van der Waals surface area contributed by atoms with Crippen molar-refractivity contribution in [1.29, 1.82) is 0 Å². The van der Waals surface area contributed by atoms with Crippen molar-refractivity contribution in [2.24, 2.45) is 0 Å². The van der Waals surface area contributed by atoms with Gasteiger partial charge in [0.1, 0.15) is 0 Å². The lowest BCUT2D eigenvalue weighted by molar-refractivity contribution is 1.12. The van der Waals surface area contributed by atoms with E-state index in [2.05, 4.69) is 73.2 Å². The maximum atomic E-state index is 3.31. The van der Waals surface area contributed by atoms with Crippen LogP contribution in [-0.4, -0.2) is 0 Å². The number of nitrogens with one attached hydrogen (secondary N) is 2. The number of anilines is 2. The third-order valence-electron chi connectivity index (χ3n) is 3.13. The molecule has 0 heterocycles. The van der Waals surface area contributed by atoms with Gasteiger partial charge in [0.05, 0.1) is 11.4 Å². The Kier molecular flexibility index (Phi) is 4.24. The number of hydrogen-bond donors (Lipinski definition) is 2. The Morgan fingerprint density at radius 1 is 0.667 bits per heavy atom. The third kappa shape index (κ3) is 2.83. The van der Waals surface area contributed by atoms with E-state index in [4.69, 9.17) is 0 Å². The summed E-state index contributed by atoms with van der Waals surface area (Å²) in [5, 5.41) is 0. The summed E-state index contributed by atoms with van der Waals surface area (Å²) in [5.74, 6) is 0. The van der Waals surface area contributed by atoms with Crippen LogP contribution >= 0.6 is 0 Å². The Balaban J connectivity index is 2.11. The molecule has 0 saturated carbocycles. The highest BCUT2D eigenvalue weighted by atomic mass is 15.4. The summed E-state index contributed by atoms with van der Waals surface area (Å²) in [7, 11) is 0. The van der Waals surface area contributed by atoms with Crippen molar-refractivity contribution in [3.05, 3.63) is 59.7 Å². The van der Waals surface area contributed by atoms with Crippen LogP contribution in [0.3, 0.4) is 0 Å². The summed E-state index contributed by atoms with van der Waals surface area (Å²) >= 11 is 0. The second kappa shape index (κ2) is 6.10. The van der Waals surface area contributed by atoms with Crippen LogP contribution < -0.4 is 10.9 Å². The van der Waals surface area contributed by atoms with E-state index >= 15 is 0 Å². The largest absolute Gasteiger partial charge is 0.301 e. The molecule has 2 aromatic rings. The predicted molar refractivity (Wildman–Crippen MR) is 78.9 cm³/mol. The van der Waals surface area contributed by atoms with Crippen LogP contribution in [0.5, 0.6) is 0 Å². The molecule has 2 nitrogen and oxygen atoms in total. The van der Waals surface area contributed by atoms with Crippen molar-refractivity contribution >= 4 is 11.4 Å². The molecule has 0 aliphatic carbocycles. The molecule has 0 atom stereocenters. The summed E-state index contributed by atoms with van der Waals surface area (Å²) in [5.41, 5.74) is 11.5. The lowest BCUT2D eigenvalue weighted by Crippen LogP contribution is -2.11. The van der Waals surface area contributed by atoms with Crippen LogP contribution in [0.25, 0.3) is 0 Å². The van der Waals surface area contributed by atoms with Gasteiger partial charge in [-0.1, -0.05) is 50.2 Å². The van der Waals surface area contributed by atoms with Crippen molar-refractivity contribution in [1.82, 2.24) is 0 Å². The van der Waals surface area contributed by atoms with Gasteiger partial charge in [-0.05, 0) is 36.1 Å². The standard InChI is InChI=1S/C16H20N2/c1-3-13-9-5-7-11-15(13)17-18-16-12-8-6-10-14(16)4-2/h5-12,17-18H,3-4H2,1-2H3. The van der Waals surface area contributed by atoms with Gasteiger partial charge >= 0.3 is 0 Å². The number of benzene rings is 2. The summed E-state index contributed by atoms with van der Waals surface area (Å²) in [4.78, 5) is 0. The van der Waals surface area contributed by atoms with Gasteiger partial charge < -0.3 is 10.9 Å². The molecular weight excluding hydrogens is 220 g/mol. The highest BCUT2D eigenvalue weighted by Crippen LogP contribution is 2.19. The molecule has 0 aromatic heterocycles. The average molecular weight is 240 g/mol.